The summed E-state index contributed by atoms with van der Waals surface area (Å²) in [6.07, 6.45) is 4.20. The predicted octanol–water partition coefficient (Wildman–Crippen LogP) is 2.01. The highest BCUT2D eigenvalue weighted by atomic mass is 35.5. The van der Waals surface area contributed by atoms with E-state index in [2.05, 4.69) is 4.98 Å². The molecule has 3 heteroatoms. The van der Waals surface area contributed by atoms with Crippen LogP contribution in [0, 0.1) is 0 Å². The summed E-state index contributed by atoms with van der Waals surface area (Å²) < 4.78 is 0. The molecular weight excluding hydrogens is 172 g/mol. The molecule has 1 rings (SSSR count). The van der Waals surface area contributed by atoms with Gasteiger partial charge in [0.2, 0.25) is 0 Å². The molecule has 0 amide bonds. The van der Waals surface area contributed by atoms with Gasteiger partial charge in [-0.25, -0.2) is 0 Å². The van der Waals surface area contributed by atoms with E-state index in [1.807, 2.05) is 19.9 Å². The van der Waals surface area contributed by atoms with Crippen molar-refractivity contribution in [2.24, 2.45) is 5.73 Å². The molecular formula is C9H13ClN2. The summed E-state index contributed by atoms with van der Waals surface area (Å²) in [4.78, 5) is 3.98. The third kappa shape index (κ3) is 3.20. The molecule has 1 aromatic rings. The molecule has 0 unspecified atom stereocenters. The zero-order valence-electron chi connectivity index (χ0n) is 7.34. The second kappa shape index (κ2) is 3.42. The Balaban J connectivity index is 2.77. The Morgan fingerprint density at radius 2 is 2.17 bits per heavy atom. The summed E-state index contributed by atoms with van der Waals surface area (Å²) in [6.45, 7) is 3.96. The van der Waals surface area contributed by atoms with Crippen molar-refractivity contribution in [3.05, 3.63) is 29.0 Å². The normalized spacial score (nSPS) is 11.7. The van der Waals surface area contributed by atoms with Crippen molar-refractivity contribution in [1.29, 1.82) is 0 Å². The van der Waals surface area contributed by atoms with Gasteiger partial charge in [0.05, 0.1) is 5.02 Å². The molecule has 0 bridgehead atoms. The van der Waals surface area contributed by atoms with Crippen LogP contribution in [0.3, 0.4) is 0 Å². The van der Waals surface area contributed by atoms with E-state index in [1.165, 1.54) is 0 Å². The predicted molar refractivity (Wildman–Crippen MR) is 51.2 cm³/mol. The van der Waals surface area contributed by atoms with Crippen LogP contribution < -0.4 is 5.73 Å². The molecule has 2 nitrogen and oxygen atoms in total. The van der Waals surface area contributed by atoms with Gasteiger partial charge in [-0.3, -0.25) is 4.98 Å². The number of nitrogens with two attached hydrogens (primary N) is 1. The molecule has 66 valence electrons. The summed E-state index contributed by atoms with van der Waals surface area (Å²) in [7, 11) is 0. The minimum Gasteiger partial charge on any atom is -0.325 e. The fraction of sp³-hybridized carbons (Fsp3) is 0.444. The van der Waals surface area contributed by atoms with Crippen molar-refractivity contribution in [2.45, 2.75) is 25.8 Å². The monoisotopic (exact) mass is 184 g/mol. The molecule has 0 fully saturated rings. The van der Waals surface area contributed by atoms with Crippen molar-refractivity contribution < 1.29 is 0 Å². The lowest BCUT2D eigenvalue weighted by Gasteiger charge is -2.17. The second-order valence-corrected chi connectivity index (χ2v) is 4.11. The largest absolute Gasteiger partial charge is 0.325 e. The highest BCUT2D eigenvalue weighted by Crippen LogP contribution is 2.13. The Morgan fingerprint density at radius 3 is 2.67 bits per heavy atom. The lowest BCUT2D eigenvalue weighted by molar-refractivity contribution is 0.516. The molecule has 1 heterocycles. The van der Waals surface area contributed by atoms with Gasteiger partial charge in [0, 0.05) is 17.9 Å². The molecule has 0 aliphatic rings. The number of rotatable bonds is 2. The van der Waals surface area contributed by atoms with E-state index in [9.17, 15) is 0 Å². The van der Waals surface area contributed by atoms with Gasteiger partial charge in [0.25, 0.3) is 0 Å². The van der Waals surface area contributed by atoms with E-state index in [0.717, 1.165) is 12.0 Å². The average molecular weight is 185 g/mol. The van der Waals surface area contributed by atoms with Gasteiger partial charge in [-0.2, -0.15) is 0 Å². The molecule has 0 aromatic carbocycles. The van der Waals surface area contributed by atoms with Gasteiger partial charge in [-0.05, 0) is 31.9 Å². The van der Waals surface area contributed by atoms with E-state index in [0.29, 0.717) is 5.02 Å². The number of hydrogen-bond donors (Lipinski definition) is 1. The Bertz CT molecular complexity index is 265. The van der Waals surface area contributed by atoms with E-state index in [4.69, 9.17) is 17.3 Å². The summed E-state index contributed by atoms with van der Waals surface area (Å²) in [5.41, 5.74) is 6.72. The topological polar surface area (TPSA) is 38.9 Å². The van der Waals surface area contributed by atoms with E-state index in [1.54, 1.807) is 12.4 Å². The summed E-state index contributed by atoms with van der Waals surface area (Å²) >= 11 is 5.77. The third-order valence-corrected chi connectivity index (χ3v) is 1.63. The minimum absolute atomic E-state index is 0.202. The maximum atomic E-state index is 5.85. The first kappa shape index (κ1) is 9.49. The van der Waals surface area contributed by atoms with Crippen molar-refractivity contribution in [3.8, 4) is 0 Å². The van der Waals surface area contributed by atoms with Crippen LogP contribution in [0.15, 0.2) is 18.5 Å². The molecule has 0 atom stereocenters. The Labute approximate surface area is 77.8 Å². The quantitative estimate of drug-likeness (QED) is 0.764. The molecule has 0 spiro atoms. The highest BCUT2D eigenvalue weighted by molar-refractivity contribution is 6.30. The fourth-order valence-corrected chi connectivity index (χ4v) is 1.28. The Morgan fingerprint density at radius 1 is 1.50 bits per heavy atom. The summed E-state index contributed by atoms with van der Waals surface area (Å²) in [5, 5.41) is 0.664. The van der Waals surface area contributed by atoms with Crippen LogP contribution in [0.4, 0.5) is 0 Å². The highest BCUT2D eigenvalue weighted by Gasteiger charge is 2.11. The van der Waals surface area contributed by atoms with Gasteiger partial charge in [-0.1, -0.05) is 11.6 Å². The molecule has 0 aliphatic heterocycles. The minimum atomic E-state index is -0.202. The number of nitrogens with zero attached hydrogens (tertiary/aromatic N) is 1. The van der Waals surface area contributed by atoms with Gasteiger partial charge in [0.1, 0.15) is 0 Å². The SMILES string of the molecule is CC(C)(N)Cc1cncc(Cl)c1. The number of halogens is 1. The molecule has 0 saturated carbocycles. The molecule has 0 saturated heterocycles. The van der Waals surface area contributed by atoms with Crippen LogP contribution in [-0.4, -0.2) is 10.5 Å². The van der Waals surface area contributed by atoms with Crippen LogP contribution in [-0.2, 0) is 6.42 Å². The number of pyridine rings is 1. The standard InChI is InChI=1S/C9H13ClN2/c1-9(2,11)4-7-3-8(10)6-12-5-7/h3,5-6H,4,11H2,1-2H3. The molecule has 12 heavy (non-hydrogen) atoms. The smallest absolute Gasteiger partial charge is 0.0592 e. The first-order valence-corrected chi connectivity index (χ1v) is 4.23. The first-order valence-electron chi connectivity index (χ1n) is 3.86. The van der Waals surface area contributed by atoms with Crippen LogP contribution in [0.1, 0.15) is 19.4 Å². The molecule has 0 aliphatic carbocycles. The zero-order valence-corrected chi connectivity index (χ0v) is 8.10. The average Bonchev–Trinajstić information content (AvgIpc) is 1.82. The van der Waals surface area contributed by atoms with Crippen LogP contribution in [0.2, 0.25) is 5.02 Å². The van der Waals surface area contributed by atoms with Gasteiger partial charge in [0.15, 0.2) is 0 Å². The molecule has 0 radical (unpaired) electrons. The third-order valence-electron chi connectivity index (χ3n) is 1.42. The van der Waals surface area contributed by atoms with Crippen molar-refractivity contribution in [3.63, 3.8) is 0 Å². The second-order valence-electron chi connectivity index (χ2n) is 3.68. The Kier molecular flexibility index (Phi) is 2.70. The van der Waals surface area contributed by atoms with Gasteiger partial charge in [-0.15, -0.1) is 0 Å². The van der Waals surface area contributed by atoms with E-state index >= 15 is 0 Å². The zero-order chi connectivity index (χ0) is 9.19. The summed E-state index contributed by atoms with van der Waals surface area (Å²) in [6, 6.07) is 1.89. The van der Waals surface area contributed by atoms with Crippen molar-refractivity contribution >= 4 is 11.6 Å². The Hall–Kier alpha value is -0.600. The van der Waals surface area contributed by atoms with Gasteiger partial charge >= 0.3 is 0 Å². The molecule has 2 N–H and O–H groups in total. The van der Waals surface area contributed by atoms with Crippen molar-refractivity contribution in [2.75, 3.05) is 0 Å². The maximum absolute atomic E-state index is 5.85. The van der Waals surface area contributed by atoms with Crippen LogP contribution in [0.5, 0.6) is 0 Å². The molecule has 1 aromatic heterocycles. The lowest BCUT2D eigenvalue weighted by atomic mass is 9.98. The number of aromatic nitrogens is 1. The van der Waals surface area contributed by atoms with Gasteiger partial charge < -0.3 is 5.73 Å². The lowest BCUT2D eigenvalue weighted by Crippen LogP contribution is -2.34. The van der Waals surface area contributed by atoms with Crippen LogP contribution >= 0.6 is 11.6 Å². The number of hydrogen-bond acceptors (Lipinski definition) is 2. The fourth-order valence-electron chi connectivity index (χ4n) is 1.08. The first-order chi connectivity index (χ1) is 5.47. The van der Waals surface area contributed by atoms with Crippen LogP contribution in [0.25, 0.3) is 0 Å². The summed E-state index contributed by atoms with van der Waals surface area (Å²) in [5.74, 6) is 0. The maximum Gasteiger partial charge on any atom is 0.0592 e. The van der Waals surface area contributed by atoms with E-state index < -0.39 is 0 Å². The van der Waals surface area contributed by atoms with E-state index in [-0.39, 0.29) is 5.54 Å². The van der Waals surface area contributed by atoms with Crippen molar-refractivity contribution in [1.82, 2.24) is 4.98 Å².